The van der Waals surface area contributed by atoms with E-state index < -0.39 is 0 Å². The number of ether oxygens (including phenoxy) is 1. The van der Waals surface area contributed by atoms with Gasteiger partial charge in [-0.05, 0) is 30.5 Å². The molecule has 0 saturated heterocycles. The number of H-pyrrole nitrogens is 1. The standard InChI is InChI=1S/C19H16N4OS2/c1-11-4-6-12(7-5-11)26-10-14-17-16(15-3-2-8-25-15)13(9-20)18(21)24-19(17)23-22-14/h2-8,16H,10,21H2,1H3,(H,22,23)/t16-/m1/s1. The predicted molar refractivity (Wildman–Crippen MR) is 103 cm³/mol. The van der Waals surface area contributed by atoms with Crippen LogP contribution in [0.3, 0.4) is 0 Å². The maximum atomic E-state index is 9.62. The molecule has 0 unspecified atom stereocenters. The summed E-state index contributed by atoms with van der Waals surface area (Å²) in [6.45, 7) is 2.07. The fourth-order valence-corrected chi connectivity index (χ4v) is 4.65. The van der Waals surface area contributed by atoms with Crippen LogP contribution < -0.4 is 10.5 Å². The van der Waals surface area contributed by atoms with E-state index in [1.54, 1.807) is 23.1 Å². The molecule has 1 atom stereocenters. The number of benzene rings is 1. The Kier molecular flexibility index (Phi) is 4.45. The minimum absolute atomic E-state index is 0.127. The Morgan fingerprint density at radius 2 is 2.15 bits per heavy atom. The smallest absolute Gasteiger partial charge is 0.244 e. The third-order valence-corrected chi connectivity index (χ3v) is 6.23. The number of nitrogens with two attached hydrogens (primary N) is 1. The summed E-state index contributed by atoms with van der Waals surface area (Å²) in [5.74, 6) is 1.05. The van der Waals surface area contributed by atoms with Gasteiger partial charge in [-0.15, -0.1) is 28.2 Å². The van der Waals surface area contributed by atoms with Crippen molar-refractivity contribution in [3.8, 4) is 11.9 Å². The largest absolute Gasteiger partial charge is 0.420 e. The average molecular weight is 380 g/mol. The third kappa shape index (κ3) is 2.98. The number of nitrogens with zero attached hydrogens (tertiary/aromatic N) is 2. The molecule has 5 nitrogen and oxygen atoms in total. The second-order valence-electron chi connectivity index (χ2n) is 5.96. The number of fused-ring (bicyclic) bond motifs is 1. The third-order valence-electron chi connectivity index (χ3n) is 4.25. The summed E-state index contributed by atoms with van der Waals surface area (Å²) in [6, 6.07) is 14.6. The zero-order valence-corrected chi connectivity index (χ0v) is 15.7. The van der Waals surface area contributed by atoms with E-state index in [4.69, 9.17) is 10.5 Å². The molecule has 1 aliphatic rings. The first-order valence-corrected chi connectivity index (χ1v) is 9.91. The predicted octanol–water partition coefficient (Wildman–Crippen LogP) is 4.29. The van der Waals surface area contributed by atoms with Crippen molar-refractivity contribution in [2.75, 3.05) is 0 Å². The normalized spacial score (nSPS) is 16.1. The molecular formula is C19H16N4OS2. The molecule has 0 amide bonds. The fraction of sp³-hybridized carbons (Fsp3) is 0.158. The Morgan fingerprint density at radius 3 is 2.85 bits per heavy atom. The topological polar surface area (TPSA) is 87.7 Å². The number of hydrogen-bond acceptors (Lipinski definition) is 6. The van der Waals surface area contributed by atoms with Gasteiger partial charge in [-0.25, -0.2) is 0 Å². The zero-order chi connectivity index (χ0) is 18.1. The summed E-state index contributed by atoms with van der Waals surface area (Å²) in [4.78, 5) is 2.23. The molecule has 1 aliphatic heterocycles. The van der Waals surface area contributed by atoms with Gasteiger partial charge in [0, 0.05) is 15.5 Å². The van der Waals surface area contributed by atoms with Crippen molar-refractivity contribution in [3.63, 3.8) is 0 Å². The van der Waals surface area contributed by atoms with Crippen molar-refractivity contribution in [1.82, 2.24) is 10.2 Å². The maximum Gasteiger partial charge on any atom is 0.244 e. The first-order chi connectivity index (χ1) is 12.7. The highest BCUT2D eigenvalue weighted by atomic mass is 32.2. The minimum Gasteiger partial charge on any atom is -0.420 e. The second kappa shape index (κ2) is 6.90. The number of aromatic nitrogens is 2. The van der Waals surface area contributed by atoms with Gasteiger partial charge in [-0.1, -0.05) is 23.8 Å². The second-order valence-corrected chi connectivity index (χ2v) is 7.99. The van der Waals surface area contributed by atoms with Gasteiger partial charge >= 0.3 is 0 Å². The Bertz CT molecular complexity index is 997. The number of aromatic amines is 1. The van der Waals surface area contributed by atoms with E-state index in [0.29, 0.717) is 17.2 Å². The maximum absolute atomic E-state index is 9.62. The van der Waals surface area contributed by atoms with Crippen LogP contribution in [0.2, 0.25) is 0 Å². The molecule has 130 valence electrons. The summed E-state index contributed by atoms with van der Waals surface area (Å²) in [7, 11) is 0. The van der Waals surface area contributed by atoms with Crippen molar-refractivity contribution in [2.24, 2.45) is 5.73 Å². The van der Waals surface area contributed by atoms with Gasteiger partial charge in [0.25, 0.3) is 0 Å². The molecule has 0 aliphatic carbocycles. The fourth-order valence-electron chi connectivity index (χ4n) is 2.95. The molecule has 0 radical (unpaired) electrons. The van der Waals surface area contributed by atoms with Gasteiger partial charge in [0.15, 0.2) is 0 Å². The molecule has 3 N–H and O–H groups in total. The van der Waals surface area contributed by atoms with E-state index in [1.807, 2.05) is 17.5 Å². The Hall–Kier alpha value is -2.69. The lowest BCUT2D eigenvalue weighted by molar-refractivity contribution is 0.379. The van der Waals surface area contributed by atoms with Gasteiger partial charge < -0.3 is 10.5 Å². The van der Waals surface area contributed by atoms with Crippen molar-refractivity contribution in [2.45, 2.75) is 23.5 Å². The molecule has 0 spiro atoms. The summed E-state index contributed by atoms with van der Waals surface area (Å²) in [5, 5.41) is 19.0. The van der Waals surface area contributed by atoms with Crippen LogP contribution in [0, 0.1) is 18.3 Å². The van der Waals surface area contributed by atoms with E-state index in [1.165, 1.54) is 10.5 Å². The van der Waals surface area contributed by atoms with E-state index in [2.05, 4.69) is 47.5 Å². The van der Waals surface area contributed by atoms with Crippen LogP contribution in [0.1, 0.15) is 27.6 Å². The Morgan fingerprint density at radius 1 is 1.35 bits per heavy atom. The summed E-state index contributed by atoms with van der Waals surface area (Å²) in [6.07, 6.45) is 0. The summed E-state index contributed by atoms with van der Waals surface area (Å²) >= 11 is 3.31. The first-order valence-electron chi connectivity index (χ1n) is 8.05. The minimum atomic E-state index is -0.240. The number of allylic oxidation sites excluding steroid dienone is 1. The molecule has 4 rings (SSSR count). The lowest BCUT2D eigenvalue weighted by atomic mass is 9.89. The molecule has 0 bridgehead atoms. The van der Waals surface area contributed by atoms with Crippen LogP contribution in [0.4, 0.5) is 0 Å². The van der Waals surface area contributed by atoms with E-state index in [9.17, 15) is 5.26 Å². The molecule has 3 heterocycles. The number of thiophene rings is 1. The summed E-state index contributed by atoms with van der Waals surface area (Å²) in [5.41, 5.74) is 9.49. The van der Waals surface area contributed by atoms with Crippen LogP contribution in [0.25, 0.3) is 0 Å². The molecule has 2 aromatic heterocycles. The van der Waals surface area contributed by atoms with Crippen LogP contribution in [-0.2, 0) is 5.75 Å². The van der Waals surface area contributed by atoms with Crippen molar-refractivity contribution >= 4 is 23.1 Å². The van der Waals surface area contributed by atoms with Crippen LogP contribution in [0.15, 0.2) is 58.1 Å². The Labute approximate surface area is 159 Å². The number of aryl methyl sites for hydroxylation is 1. The number of nitriles is 1. The molecule has 1 aromatic carbocycles. The number of thioether (sulfide) groups is 1. The quantitative estimate of drug-likeness (QED) is 0.659. The number of hydrogen-bond donors (Lipinski definition) is 2. The summed E-state index contributed by atoms with van der Waals surface area (Å²) < 4.78 is 5.60. The van der Waals surface area contributed by atoms with E-state index in [-0.39, 0.29) is 11.8 Å². The van der Waals surface area contributed by atoms with Gasteiger partial charge in [-0.3, -0.25) is 5.10 Å². The lowest BCUT2D eigenvalue weighted by Gasteiger charge is -2.22. The van der Waals surface area contributed by atoms with Crippen LogP contribution in [-0.4, -0.2) is 10.2 Å². The van der Waals surface area contributed by atoms with Crippen molar-refractivity contribution in [3.05, 3.63) is 74.9 Å². The number of rotatable bonds is 4. The molecular weight excluding hydrogens is 364 g/mol. The number of nitrogens with one attached hydrogen (secondary N) is 1. The molecule has 3 aromatic rings. The SMILES string of the molecule is Cc1ccc(SCc2[nH]nc3c2[C@@H](c2cccs2)C(C#N)=C(N)O3)cc1. The van der Waals surface area contributed by atoms with E-state index >= 15 is 0 Å². The molecule has 7 heteroatoms. The monoisotopic (exact) mass is 380 g/mol. The first kappa shape index (κ1) is 16.8. The highest BCUT2D eigenvalue weighted by molar-refractivity contribution is 7.98. The van der Waals surface area contributed by atoms with E-state index in [0.717, 1.165) is 16.1 Å². The van der Waals surface area contributed by atoms with Crippen LogP contribution >= 0.6 is 23.1 Å². The molecule has 0 fully saturated rings. The Balaban J connectivity index is 1.69. The highest BCUT2D eigenvalue weighted by Crippen LogP contribution is 2.45. The van der Waals surface area contributed by atoms with Crippen LogP contribution in [0.5, 0.6) is 5.88 Å². The average Bonchev–Trinajstić information content (AvgIpc) is 3.30. The lowest BCUT2D eigenvalue weighted by Crippen LogP contribution is -2.20. The molecule has 0 saturated carbocycles. The highest BCUT2D eigenvalue weighted by Gasteiger charge is 2.35. The van der Waals surface area contributed by atoms with Gasteiger partial charge in [-0.2, -0.15) is 5.26 Å². The van der Waals surface area contributed by atoms with Gasteiger partial charge in [0.05, 0.1) is 17.2 Å². The van der Waals surface area contributed by atoms with Crippen molar-refractivity contribution in [1.29, 1.82) is 5.26 Å². The van der Waals surface area contributed by atoms with Crippen molar-refractivity contribution < 1.29 is 4.74 Å². The molecule has 26 heavy (non-hydrogen) atoms. The zero-order valence-electron chi connectivity index (χ0n) is 14.0. The van der Waals surface area contributed by atoms with Gasteiger partial charge in [0.1, 0.15) is 11.6 Å². The van der Waals surface area contributed by atoms with Gasteiger partial charge in [0.2, 0.25) is 11.8 Å².